The van der Waals surface area contributed by atoms with Gasteiger partial charge in [-0.05, 0) is 82.6 Å². The predicted octanol–water partition coefficient (Wildman–Crippen LogP) is 3.85. The van der Waals surface area contributed by atoms with Crippen molar-refractivity contribution in [2.24, 2.45) is 11.7 Å². The Balaban J connectivity index is 1.65. The number of rotatable bonds is 4. The molecule has 2 fully saturated rings. The predicted molar refractivity (Wildman–Crippen MR) is 107 cm³/mol. The molecule has 25 heavy (non-hydrogen) atoms. The average molecular weight is 346 g/mol. The van der Waals surface area contributed by atoms with E-state index in [-0.39, 0.29) is 12.2 Å². The van der Waals surface area contributed by atoms with Gasteiger partial charge in [-0.3, -0.25) is 0 Å². The summed E-state index contributed by atoms with van der Waals surface area (Å²) in [5, 5.41) is 3.67. The lowest BCUT2D eigenvalue weighted by Crippen LogP contribution is -2.46. The second kappa shape index (κ2) is 7.96. The fraction of sp³-hybridized carbons (Fsp3) is 0.714. The third kappa shape index (κ3) is 4.68. The minimum atomic E-state index is 0.290. The van der Waals surface area contributed by atoms with Crippen LogP contribution in [0.25, 0.3) is 0 Å². The van der Waals surface area contributed by atoms with E-state index in [4.69, 9.17) is 10.5 Å². The molecule has 1 aliphatic heterocycles. The van der Waals surface area contributed by atoms with Gasteiger partial charge in [0.1, 0.15) is 0 Å². The van der Waals surface area contributed by atoms with Crippen molar-refractivity contribution < 1.29 is 4.74 Å². The number of nitrogens with zero attached hydrogens (tertiary/aromatic N) is 1. The zero-order valence-electron chi connectivity index (χ0n) is 16.3. The summed E-state index contributed by atoms with van der Waals surface area (Å²) >= 11 is 0. The first-order chi connectivity index (χ1) is 11.9. The second-order valence-electron chi connectivity index (χ2n) is 8.28. The number of hydrogen-bond acceptors (Lipinski definition) is 4. The van der Waals surface area contributed by atoms with E-state index >= 15 is 0 Å². The van der Waals surface area contributed by atoms with Crippen LogP contribution in [0.15, 0.2) is 12.1 Å². The van der Waals surface area contributed by atoms with Crippen LogP contribution in [0.3, 0.4) is 0 Å². The summed E-state index contributed by atoms with van der Waals surface area (Å²) in [5.41, 5.74) is 11.4. The smallest absolute Gasteiger partial charge is 0.0726 e. The molecule has 0 radical (unpaired) electrons. The summed E-state index contributed by atoms with van der Waals surface area (Å²) in [7, 11) is 0. The standard InChI is InChI=1S/C21H35N3O/c1-14-9-20(23-11-18-5-7-19(22)8-6-18)10-15(2)21(14)24-12-16(3)25-17(4)13-24/h9-10,16-19,23H,5-8,11-13,22H2,1-4H3/t16?,17?,18-,19-. The van der Waals surface area contributed by atoms with Crippen molar-refractivity contribution in [3.8, 4) is 0 Å². The van der Waals surface area contributed by atoms with Crippen LogP contribution in [-0.2, 0) is 4.74 Å². The van der Waals surface area contributed by atoms with Crippen LogP contribution >= 0.6 is 0 Å². The van der Waals surface area contributed by atoms with Gasteiger partial charge in [-0.15, -0.1) is 0 Å². The largest absolute Gasteiger partial charge is 0.385 e. The molecular formula is C21H35N3O. The van der Waals surface area contributed by atoms with Crippen LogP contribution in [0.1, 0.15) is 50.7 Å². The highest BCUT2D eigenvalue weighted by atomic mass is 16.5. The molecule has 4 heteroatoms. The molecule has 1 saturated heterocycles. The van der Waals surface area contributed by atoms with Crippen molar-refractivity contribution in [1.82, 2.24) is 0 Å². The van der Waals surface area contributed by atoms with Crippen LogP contribution in [0.4, 0.5) is 11.4 Å². The van der Waals surface area contributed by atoms with Crippen molar-refractivity contribution in [2.75, 3.05) is 29.9 Å². The van der Waals surface area contributed by atoms with E-state index in [1.807, 2.05) is 0 Å². The Labute approximate surface area is 153 Å². The Hall–Kier alpha value is -1.26. The highest BCUT2D eigenvalue weighted by molar-refractivity contribution is 5.66. The molecule has 1 aromatic carbocycles. The van der Waals surface area contributed by atoms with Crippen LogP contribution in [0.2, 0.25) is 0 Å². The van der Waals surface area contributed by atoms with Crippen molar-refractivity contribution in [3.05, 3.63) is 23.3 Å². The maximum Gasteiger partial charge on any atom is 0.0726 e. The minimum Gasteiger partial charge on any atom is -0.385 e. The van der Waals surface area contributed by atoms with E-state index in [0.717, 1.165) is 25.6 Å². The fourth-order valence-corrected chi connectivity index (χ4v) is 4.57. The molecule has 1 heterocycles. The highest BCUT2D eigenvalue weighted by Crippen LogP contribution is 2.31. The summed E-state index contributed by atoms with van der Waals surface area (Å²) in [5.74, 6) is 0.765. The summed E-state index contributed by atoms with van der Waals surface area (Å²) in [6.07, 6.45) is 5.45. The van der Waals surface area contributed by atoms with E-state index < -0.39 is 0 Å². The number of nitrogens with one attached hydrogen (secondary N) is 1. The molecule has 4 nitrogen and oxygen atoms in total. The quantitative estimate of drug-likeness (QED) is 0.870. The summed E-state index contributed by atoms with van der Waals surface area (Å²) in [4.78, 5) is 2.50. The number of morpholine rings is 1. The van der Waals surface area contributed by atoms with Gasteiger partial charge in [0.15, 0.2) is 0 Å². The molecular weight excluding hydrogens is 310 g/mol. The van der Waals surface area contributed by atoms with Gasteiger partial charge in [0, 0.05) is 37.1 Å². The maximum atomic E-state index is 6.02. The van der Waals surface area contributed by atoms with Gasteiger partial charge >= 0.3 is 0 Å². The van der Waals surface area contributed by atoms with Crippen LogP contribution in [0, 0.1) is 19.8 Å². The Morgan fingerprint density at radius 1 is 1.04 bits per heavy atom. The minimum absolute atomic E-state index is 0.290. The lowest BCUT2D eigenvalue weighted by molar-refractivity contribution is -0.00527. The van der Waals surface area contributed by atoms with Crippen molar-refractivity contribution in [1.29, 1.82) is 0 Å². The van der Waals surface area contributed by atoms with Crippen LogP contribution in [0.5, 0.6) is 0 Å². The molecule has 0 bridgehead atoms. The molecule has 1 aliphatic carbocycles. The molecule has 2 atom stereocenters. The normalized spacial score (nSPS) is 30.4. The van der Waals surface area contributed by atoms with Gasteiger partial charge in [-0.25, -0.2) is 0 Å². The third-order valence-electron chi connectivity index (χ3n) is 5.71. The third-order valence-corrected chi connectivity index (χ3v) is 5.71. The van der Waals surface area contributed by atoms with Crippen molar-refractivity contribution >= 4 is 11.4 Å². The molecule has 1 saturated carbocycles. The van der Waals surface area contributed by atoms with Gasteiger partial charge in [0.05, 0.1) is 12.2 Å². The Kier molecular flexibility index (Phi) is 5.90. The zero-order chi connectivity index (χ0) is 18.0. The molecule has 3 rings (SSSR count). The topological polar surface area (TPSA) is 50.5 Å². The monoisotopic (exact) mass is 345 g/mol. The molecule has 140 valence electrons. The Bertz CT molecular complexity index is 547. The maximum absolute atomic E-state index is 6.02. The van der Waals surface area contributed by atoms with E-state index in [9.17, 15) is 0 Å². The number of aryl methyl sites for hydroxylation is 2. The lowest BCUT2D eigenvalue weighted by Gasteiger charge is -2.38. The van der Waals surface area contributed by atoms with Crippen LogP contribution in [-0.4, -0.2) is 37.9 Å². The summed E-state index contributed by atoms with van der Waals surface area (Å²) < 4.78 is 5.89. The van der Waals surface area contributed by atoms with Crippen molar-refractivity contribution in [3.63, 3.8) is 0 Å². The second-order valence-corrected chi connectivity index (χ2v) is 8.28. The van der Waals surface area contributed by atoms with Gasteiger partial charge in [-0.2, -0.15) is 0 Å². The molecule has 2 unspecified atom stereocenters. The fourth-order valence-electron chi connectivity index (χ4n) is 4.57. The first kappa shape index (κ1) is 18.5. The SMILES string of the molecule is Cc1cc(NC[C@H]2CC[C@H](N)CC2)cc(C)c1N1CC(C)OC(C)C1. The zero-order valence-corrected chi connectivity index (χ0v) is 16.3. The van der Waals surface area contributed by atoms with Crippen LogP contribution < -0.4 is 16.0 Å². The van der Waals surface area contributed by atoms with Gasteiger partial charge in [-0.1, -0.05) is 0 Å². The van der Waals surface area contributed by atoms with E-state index in [1.165, 1.54) is 48.2 Å². The van der Waals surface area contributed by atoms with Gasteiger partial charge in [0.2, 0.25) is 0 Å². The molecule has 2 aliphatic rings. The number of benzene rings is 1. The molecule has 0 amide bonds. The number of nitrogens with two attached hydrogens (primary N) is 1. The molecule has 0 aromatic heterocycles. The first-order valence-corrected chi connectivity index (χ1v) is 9.93. The first-order valence-electron chi connectivity index (χ1n) is 9.93. The van der Waals surface area contributed by atoms with Gasteiger partial charge < -0.3 is 20.7 Å². The summed E-state index contributed by atoms with van der Waals surface area (Å²) in [6.45, 7) is 11.8. The van der Waals surface area contributed by atoms with E-state index in [2.05, 4.69) is 50.0 Å². The number of ether oxygens (including phenoxy) is 1. The average Bonchev–Trinajstić information content (AvgIpc) is 2.53. The van der Waals surface area contributed by atoms with E-state index in [0.29, 0.717) is 6.04 Å². The Morgan fingerprint density at radius 3 is 2.16 bits per heavy atom. The molecule has 3 N–H and O–H groups in total. The number of anilines is 2. The van der Waals surface area contributed by atoms with Gasteiger partial charge in [0.25, 0.3) is 0 Å². The van der Waals surface area contributed by atoms with E-state index in [1.54, 1.807) is 0 Å². The number of hydrogen-bond donors (Lipinski definition) is 2. The highest BCUT2D eigenvalue weighted by Gasteiger charge is 2.25. The Morgan fingerprint density at radius 2 is 1.60 bits per heavy atom. The lowest BCUT2D eigenvalue weighted by atomic mass is 9.86. The molecule has 0 spiro atoms. The molecule has 1 aromatic rings. The van der Waals surface area contributed by atoms with Crippen molar-refractivity contribution in [2.45, 2.75) is 71.6 Å². The summed E-state index contributed by atoms with van der Waals surface area (Å²) in [6, 6.07) is 5.04.